The van der Waals surface area contributed by atoms with E-state index in [1.807, 2.05) is 13.8 Å². The molecule has 1 fully saturated rings. The lowest BCUT2D eigenvalue weighted by Crippen LogP contribution is -2.54. The monoisotopic (exact) mass is 228 g/mol. The molecular formula is C13H24O3. The van der Waals surface area contributed by atoms with Gasteiger partial charge in [-0.25, -0.2) is 0 Å². The van der Waals surface area contributed by atoms with Crippen LogP contribution in [0.5, 0.6) is 0 Å². The summed E-state index contributed by atoms with van der Waals surface area (Å²) in [5.74, 6) is -0.417. The van der Waals surface area contributed by atoms with E-state index in [0.717, 1.165) is 12.8 Å². The Morgan fingerprint density at radius 2 is 2.00 bits per heavy atom. The first-order valence-electron chi connectivity index (χ1n) is 6.37. The van der Waals surface area contributed by atoms with Gasteiger partial charge < -0.3 is 10.2 Å². The molecular weight excluding hydrogens is 204 g/mol. The highest BCUT2D eigenvalue weighted by Gasteiger charge is 2.55. The van der Waals surface area contributed by atoms with Crippen molar-refractivity contribution in [2.45, 2.75) is 64.9 Å². The van der Waals surface area contributed by atoms with E-state index in [0.29, 0.717) is 31.6 Å². The van der Waals surface area contributed by atoms with E-state index in [1.54, 1.807) is 0 Å². The number of hydrogen-bond acceptors (Lipinski definition) is 2. The van der Waals surface area contributed by atoms with Crippen molar-refractivity contribution >= 4 is 5.97 Å². The predicted molar refractivity (Wildman–Crippen MR) is 63.2 cm³/mol. The Bertz CT molecular complexity index is 258. The highest BCUT2D eigenvalue weighted by atomic mass is 16.4. The van der Waals surface area contributed by atoms with Gasteiger partial charge in [0.25, 0.3) is 0 Å². The number of aliphatic hydroxyl groups is 1. The third kappa shape index (κ3) is 1.97. The summed E-state index contributed by atoms with van der Waals surface area (Å²) in [4.78, 5) is 11.6. The van der Waals surface area contributed by atoms with E-state index in [-0.39, 0.29) is 0 Å². The average Bonchev–Trinajstić information content (AvgIpc) is 2.27. The molecule has 1 aliphatic carbocycles. The van der Waals surface area contributed by atoms with E-state index >= 15 is 0 Å². The highest BCUT2D eigenvalue weighted by Crippen LogP contribution is 2.49. The zero-order valence-corrected chi connectivity index (χ0v) is 10.6. The summed E-state index contributed by atoms with van der Waals surface area (Å²) < 4.78 is 0. The summed E-state index contributed by atoms with van der Waals surface area (Å²) in [6.45, 7) is 5.85. The highest BCUT2D eigenvalue weighted by molar-refractivity contribution is 5.76. The van der Waals surface area contributed by atoms with Crippen molar-refractivity contribution in [1.29, 1.82) is 0 Å². The molecule has 1 saturated carbocycles. The third-order valence-electron chi connectivity index (χ3n) is 4.47. The minimum Gasteiger partial charge on any atom is -0.481 e. The van der Waals surface area contributed by atoms with E-state index in [1.165, 1.54) is 0 Å². The molecule has 0 aromatic rings. The van der Waals surface area contributed by atoms with Crippen molar-refractivity contribution in [2.24, 2.45) is 11.3 Å². The van der Waals surface area contributed by atoms with Gasteiger partial charge >= 0.3 is 5.97 Å². The molecule has 0 aromatic heterocycles. The maximum atomic E-state index is 11.6. The molecule has 2 unspecified atom stereocenters. The standard InChI is InChI=1S/C13H24O3/c1-4-13(16,5-2)12(11(14)15)8-6-7-10(3)9-12/h10,16H,4-9H2,1-3H3,(H,14,15). The molecule has 16 heavy (non-hydrogen) atoms. The SMILES string of the molecule is CCC(O)(CC)C1(C(=O)O)CCCC(C)C1. The second kappa shape index (κ2) is 4.74. The molecule has 0 aromatic carbocycles. The molecule has 94 valence electrons. The third-order valence-corrected chi connectivity index (χ3v) is 4.47. The summed E-state index contributed by atoms with van der Waals surface area (Å²) in [7, 11) is 0. The number of rotatable bonds is 4. The Morgan fingerprint density at radius 3 is 2.38 bits per heavy atom. The molecule has 1 rings (SSSR count). The minimum atomic E-state index is -1.05. The van der Waals surface area contributed by atoms with Crippen LogP contribution in [0.2, 0.25) is 0 Å². The summed E-state index contributed by atoms with van der Waals surface area (Å²) >= 11 is 0. The first kappa shape index (κ1) is 13.5. The van der Waals surface area contributed by atoms with Crippen molar-refractivity contribution in [1.82, 2.24) is 0 Å². The lowest BCUT2D eigenvalue weighted by molar-refractivity contribution is -0.179. The van der Waals surface area contributed by atoms with Crippen LogP contribution in [-0.2, 0) is 4.79 Å². The second-order valence-electron chi connectivity index (χ2n) is 5.33. The fraction of sp³-hybridized carbons (Fsp3) is 0.923. The maximum Gasteiger partial charge on any atom is 0.312 e. The van der Waals surface area contributed by atoms with Crippen molar-refractivity contribution in [2.75, 3.05) is 0 Å². The first-order chi connectivity index (χ1) is 7.42. The number of carbonyl (C=O) groups is 1. The van der Waals surface area contributed by atoms with Crippen LogP contribution in [0.1, 0.15) is 59.3 Å². The van der Waals surface area contributed by atoms with E-state index in [9.17, 15) is 15.0 Å². The van der Waals surface area contributed by atoms with Crippen molar-refractivity contribution < 1.29 is 15.0 Å². The number of hydrogen-bond donors (Lipinski definition) is 2. The first-order valence-corrected chi connectivity index (χ1v) is 6.37. The van der Waals surface area contributed by atoms with Gasteiger partial charge in [-0.1, -0.05) is 33.6 Å². The van der Waals surface area contributed by atoms with Crippen LogP contribution in [0, 0.1) is 11.3 Å². The maximum absolute atomic E-state index is 11.6. The smallest absolute Gasteiger partial charge is 0.312 e. The van der Waals surface area contributed by atoms with Crippen LogP contribution in [0.15, 0.2) is 0 Å². The summed E-state index contributed by atoms with van der Waals surface area (Å²) in [6, 6.07) is 0. The van der Waals surface area contributed by atoms with Crippen LogP contribution in [0.25, 0.3) is 0 Å². The van der Waals surface area contributed by atoms with Crippen LogP contribution in [-0.4, -0.2) is 21.8 Å². The van der Waals surface area contributed by atoms with Gasteiger partial charge in [0.2, 0.25) is 0 Å². The zero-order chi connectivity index (χ0) is 12.4. The summed E-state index contributed by atoms with van der Waals surface area (Å²) in [6.07, 6.45) is 4.25. The molecule has 0 saturated heterocycles. The van der Waals surface area contributed by atoms with Crippen molar-refractivity contribution in [3.8, 4) is 0 Å². The van der Waals surface area contributed by atoms with Crippen LogP contribution >= 0.6 is 0 Å². The Hall–Kier alpha value is -0.570. The van der Waals surface area contributed by atoms with E-state index in [2.05, 4.69) is 6.92 Å². The Labute approximate surface area is 97.9 Å². The minimum absolute atomic E-state index is 0.398. The van der Waals surface area contributed by atoms with Gasteiger partial charge in [0, 0.05) is 0 Å². The predicted octanol–water partition coefficient (Wildman–Crippen LogP) is 2.82. The van der Waals surface area contributed by atoms with Crippen molar-refractivity contribution in [3.63, 3.8) is 0 Å². The van der Waals surface area contributed by atoms with Gasteiger partial charge in [-0.15, -0.1) is 0 Å². The Morgan fingerprint density at radius 1 is 1.44 bits per heavy atom. The van der Waals surface area contributed by atoms with Gasteiger partial charge in [-0.3, -0.25) is 4.79 Å². The number of carboxylic acids is 1. The van der Waals surface area contributed by atoms with Gasteiger partial charge in [-0.2, -0.15) is 0 Å². The molecule has 0 heterocycles. The topological polar surface area (TPSA) is 57.5 Å². The fourth-order valence-corrected chi connectivity index (χ4v) is 3.29. The van der Waals surface area contributed by atoms with Crippen molar-refractivity contribution in [3.05, 3.63) is 0 Å². The van der Waals surface area contributed by atoms with Gasteiger partial charge in [0.05, 0.1) is 11.0 Å². The quantitative estimate of drug-likeness (QED) is 0.778. The van der Waals surface area contributed by atoms with Crippen LogP contribution in [0.3, 0.4) is 0 Å². The molecule has 1 aliphatic rings. The molecule has 0 radical (unpaired) electrons. The largest absolute Gasteiger partial charge is 0.481 e. The fourth-order valence-electron chi connectivity index (χ4n) is 3.29. The number of carboxylic acid groups (broad SMARTS) is 1. The molecule has 0 aliphatic heterocycles. The lowest BCUT2D eigenvalue weighted by atomic mass is 9.59. The van der Waals surface area contributed by atoms with Gasteiger partial charge in [0.1, 0.15) is 0 Å². The molecule has 2 N–H and O–H groups in total. The Balaban J connectivity index is 3.09. The average molecular weight is 228 g/mol. The zero-order valence-electron chi connectivity index (χ0n) is 10.6. The molecule has 0 amide bonds. The summed E-state index contributed by atoms with van der Waals surface area (Å²) in [5.41, 5.74) is -1.97. The van der Waals surface area contributed by atoms with Gasteiger partial charge in [0.15, 0.2) is 0 Å². The van der Waals surface area contributed by atoms with Crippen LogP contribution in [0.4, 0.5) is 0 Å². The molecule has 3 heteroatoms. The Kier molecular flexibility index (Phi) is 4.00. The molecule has 0 bridgehead atoms. The molecule has 2 atom stereocenters. The second-order valence-corrected chi connectivity index (χ2v) is 5.33. The van der Waals surface area contributed by atoms with Gasteiger partial charge in [-0.05, 0) is 31.6 Å². The van der Waals surface area contributed by atoms with Crippen LogP contribution < -0.4 is 0 Å². The van der Waals surface area contributed by atoms with E-state index < -0.39 is 17.0 Å². The molecule has 3 nitrogen and oxygen atoms in total. The summed E-state index contributed by atoms with van der Waals surface area (Å²) in [5, 5.41) is 20.2. The molecule has 0 spiro atoms. The lowest BCUT2D eigenvalue weighted by Gasteiger charge is -2.47. The number of aliphatic carboxylic acids is 1. The van der Waals surface area contributed by atoms with E-state index in [4.69, 9.17) is 0 Å². The normalized spacial score (nSPS) is 31.4.